The van der Waals surface area contributed by atoms with Gasteiger partial charge in [0.05, 0.1) is 17.2 Å². The van der Waals surface area contributed by atoms with Crippen LogP contribution in [0.3, 0.4) is 0 Å². The normalized spacial score (nSPS) is 22.2. The van der Waals surface area contributed by atoms with Crippen LogP contribution in [0.15, 0.2) is 22.7 Å². The van der Waals surface area contributed by atoms with Crippen LogP contribution in [0, 0.1) is 11.8 Å². The zero-order valence-electron chi connectivity index (χ0n) is 10.4. The van der Waals surface area contributed by atoms with Gasteiger partial charge in [-0.2, -0.15) is 0 Å². The first-order chi connectivity index (χ1) is 8.99. The molecule has 0 saturated carbocycles. The van der Waals surface area contributed by atoms with Crippen LogP contribution in [-0.4, -0.2) is 30.1 Å². The third-order valence-electron chi connectivity index (χ3n) is 3.32. The monoisotopic (exact) mass is 326 g/mol. The van der Waals surface area contributed by atoms with Gasteiger partial charge in [0.1, 0.15) is 0 Å². The van der Waals surface area contributed by atoms with E-state index in [9.17, 15) is 9.59 Å². The molecule has 0 unspecified atom stereocenters. The number of hydrogen-bond donors (Lipinski definition) is 3. The molecule has 1 heterocycles. The summed E-state index contributed by atoms with van der Waals surface area (Å²) in [5.41, 5.74) is 0.418. The Morgan fingerprint density at radius 2 is 2.16 bits per heavy atom. The van der Waals surface area contributed by atoms with Crippen molar-refractivity contribution in [1.29, 1.82) is 0 Å². The Bertz CT molecular complexity index is 519. The van der Waals surface area contributed by atoms with Crippen molar-refractivity contribution in [2.24, 2.45) is 11.8 Å². The van der Waals surface area contributed by atoms with Gasteiger partial charge >= 0.3 is 5.97 Å². The van der Waals surface area contributed by atoms with Gasteiger partial charge in [0.2, 0.25) is 5.91 Å². The molecule has 0 bridgehead atoms. The summed E-state index contributed by atoms with van der Waals surface area (Å²) in [6.07, 6.45) is 0. The molecule has 1 aliphatic heterocycles. The highest BCUT2D eigenvalue weighted by Crippen LogP contribution is 2.24. The molecule has 6 heteroatoms. The lowest BCUT2D eigenvalue weighted by Crippen LogP contribution is -2.28. The Labute approximate surface area is 119 Å². The first-order valence-corrected chi connectivity index (χ1v) is 6.82. The van der Waals surface area contributed by atoms with E-state index < -0.39 is 5.97 Å². The Morgan fingerprint density at radius 1 is 1.42 bits per heavy atom. The number of hydrogen-bond acceptors (Lipinski definition) is 3. The molecular formula is C13H15BrN2O3. The van der Waals surface area contributed by atoms with E-state index in [1.807, 2.05) is 6.92 Å². The minimum absolute atomic E-state index is 0.0927. The summed E-state index contributed by atoms with van der Waals surface area (Å²) in [6.45, 7) is 3.44. The van der Waals surface area contributed by atoms with Crippen molar-refractivity contribution in [2.75, 3.05) is 18.4 Å². The number of aromatic carboxylic acids is 1. The molecule has 19 heavy (non-hydrogen) atoms. The maximum Gasteiger partial charge on any atom is 0.337 e. The molecule has 1 aromatic carbocycles. The number of nitrogens with one attached hydrogen (secondary N) is 2. The number of carbonyl (C=O) groups is 2. The molecule has 0 aliphatic carbocycles. The topological polar surface area (TPSA) is 78.4 Å². The molecular weight excluding hydrogens is 312 g/mol. The molecule has 1 aliphatic rings. The Morgan fingerprint density at radius 3 is 2.74 bits per heavy atom. The van der Waals surface area contributed by atoms with Gasteiger partial charge < -0.3 is 15.7 Å². The van der Waals surface area contributed by atoms with Crippen LogP contribution in [0.4, 0.5) is 5.69 Å². The molecule has 3 N–H and O–H groups in total. The van der Waals surface area contributed by atoms with Crippen molar-refractivity contribution in [3.05, 3.63) is 28.2 Å². The number of rotatable bonds is 3. The fourth-order valence-corrected chi connectivity index (χ4v) is 2.55. The van der Waals surface area contributed by atoms with Gasteiger partial charge in [0.25, 0.3) is 0 Å². The number of carboxylic acid groups (broad SMARTS) is 1. The predicted molar refractivity (Wildman–Crippen MR) is 75.3 cm³/mol. The molecule has 0 radical (unpaired) electrons. The average molecular weight is 327 g/mol. The van der Waals surface area contributed by atoms with E-state index in [2.05, 4.69) is 26.6 Å². The summed E-state index contributed by atoms with van der Waals surface area (Å²) >= 11 is 3.27. The Kier molecular flexibility index (Phi) is 4.21. The molecule has 102 valence electrons. The number of benzene rings is 1. The highest BCUT2D eigenvalue weighted by Gasteiger charge is 2.30. The second kappa shape index (κ2) is 5.71. The first kappa shape index (κ1) is 14.0. The summed E-state index contributed by atoms with van der Waals surface area (Å²) in [4.78, 5) is 23.3. The van der Waals surface area contributed by atoms with Crippen LogP contribution in [0.25, 0.3) is 0 Å². The molecule has 0 aromatic heterocycles. The van der Waals surface area contributed by atoms with Gasteiger partial charge in [-0.15, -0.1) is 0 Å². The van der Waals surface area contributed by atoms with Crippen molar-refractivity contribution in [3.8, 4) is 0 Å². The number of halogens is 1. The summed E-state index contributed by atoms with van der Waals surface area (Å²) in [6, 6.07) is 4.71. The van der Waals surface area contributed by atoms with Crippen LogP contribution in [0.5, 0.6) is 0 Å². The Balaban J connectivity index is 2.20. The molecule has 2 rings (SSSR count). The van der Waals surface area contributed by atoms with Gasteiger partial charge in [-0.25, -0.2) is 4.79 Å². The first-order valence-electron chi connectivity index (χ1n) is 6.03. The standard InChI is InChI=1S/C13H15BrN2O3/c1-7-5-15-6-10(7)12(17)16-11-4-8(14)2-3-9(11)13(18)19/h2-4,7,10,15H,5-6H2,1H3,(H,16,17)(H,18,19)/t7-,10-/m1/s1. The fourth-order valence-electron chi connectivity index (χ4n) is 2.19. The smallest absolute Gasteiger partial charge is 0.337 e. The number of carboxylic acids is 1. The number of carbonyl (C=O) groups excluding carboxylic acids is 1. The van der Waals surface area contributed by atoms with Crippen molar-refractivity contribution in [3.63, 3.8) is 0 Å². The van der Waals surface area contributed by atoms with Crippen LogP contribution >= 0.6 is 15.9 Å². The van der Waals surface area contributed by atoms with Gasteiger partial charge in [0, 0.05) is 11.0 Å². The second-order valence-electron chi connectivity index (χ2n) is 4.73. The molecule has 1 amide bonds. The van der Waals surface area contributed by atoms with E-state index in [0.29, 0.717) is 12.2 Å². The van der Waals surface area contributed by atoms with Crippen LogP contribution in [-0.2, 0) is 4.79 Å². The van der Waals surface area contributed by atoms with E-state index >= 15 is 0 Å². The molecule has 1 aromatic rings. The van der Waals surface area contributed by atoms with Crippen LogP contribution < -0.4 is 10.6 Å². The summed E-state index contributed by atoms with van der Waals surface area (Å²) in [7, 11) is 0. The quantitative estimate of drug-likeness (QED) is 0.793. The molecule has 0 spiro atoms. The van der Waals surface area contributed by atoms with E-state index in [0.717, 1.165) is 11.0 Å². The second-order valence-corrected chi connectivity index (χ2v) is 5.64. The van der Waals surface area contributed by atoms with E-state index in [-0.39, 0.29) is 23.3 Å². The van der Waals surface area contributed by atoms with E-state index in [1.165, 1.54) is 6.07 Å². The van der Waals surface area contributed by atoms with Crippen molar-refractivity contribution in [2.45, 2.75) is 6.92 Å². The number of amides is 1. The molecule has 2 atom stereocenters. The van der Waals surface area contributed by atoms with Gasteiger partial charge in [-0.05, 0) is 30.7 Å². The lowest BCUT2D eigenvalue weighted by atomic mass is 9.97. The minimum Gasteiger partial charge on any atom is -0.478 e. The zero-order chi connectivity index (χ0) is 14.0. The van der Waals surface area contributed by atoms with Gasteiger partial charge in [0.15, 0.2) is 0 Å². The summed E-state index contributed by atoms with van der Waals surface area (Å²) in [5, 5.41) is 15.0. The van der Waals surface area contributed by atoms with Crippen molar-refractivity contribution in [1.82, 2.24) is 5.32 Å². The largest absolute Gasteiger partial charge is 0.478 e. The van der Waals surface area contributed by atoms with E-state index in [4.69, 9.17) is 5.11 Å². The third kappa shape index (κ3) is 3.13. The minimum atomic E-state index is -1.06. The fraction of sp³-hybridized carbons (Fsp3) is 0.385. The zero-order valence-corrected chi connectivity index (χ0v) is 12.0. The molecule has 1 fully saturated rings. The third-order valence-corrected chi connectivity index (χ3v) is 3.82. The summed E-state index contributed by atoms with van der Waals surface area (Å²) in [5.74, 6) is -1.07. The van der Waals surface area contributed by atoms with Crippen molar-refractivity contribution < 1.29 is 14.7 Å². The Hall–Kier alpha value is -1.40. The van der Waals surface area contributed by atoms with Crippen LogP contribution in [0.2, 0.25) is 0 Å². The highest BCUT2D eigenvalue weighted by atomic mass is 79.9. The molecule has 1 saturated heterocycles. The van der Waals surface area contributed by atoms with Gasteiger partial charge in [-0.1, -0.05) is 22.9 Å². The summed E-state index contributed by atoms with van der Waals surface area (Å²) < 4.78 is 0.727. The SMILES string of the molecule is C[C@@H]1CNC[C@H]1C(=O)Nc1cc(Br)ccc1C(=O)O. The maximum absolute atomic E-state index is 12.2. The maximum atomic E-state index is 12.2. The van der Waals surface area contributed by atoms with Gasteiger partial charge in [-0.3, -0.25) is 4.79 Å². The number of anilines is 1. The average Bonchev–Trinajstić information content (AvgIpc) is 2.75. The highest BCUT2D eigenvalue weighted by molar-refractivity contribution is 9.10. The lowest BCUT2D eigenvalue weighted by molar-refractivity contribution is -0.120. The van der Waals surface area contributed by atoms with Crippen molar-refractivity contribution >= 4 is 33.5 Å². The van der Waals surface area contributed by atoms with E-state index in [1.54, 1.807) is 12.1 Å². The lowest BCUT2D eigenvalue weighted by Gasteiger charge is -2.15. The van der Waals surface area contributed by atoms with Crippen LogP contribution in [0.1, 0.15) is 17.3 Å². The molecule has 5 nitrogen and oxygen atoms in total. The predicted octanol–water partition coefficient (Wildman–Crippen LogP) is 1.94.